The molecule has 0 aliphatic heterocycles. The number of thiazole rings is 1. The maximum absolute atomic E-state index is 12.2. The second-order valence-corrected chi connectivity index (χ2v) is 6.34. The third-order valence-corrected chi connectivity index (χ3v) is 4.36. The van der Waals surface area contributed by atoms with E-state index >= 15 is 0 Å². The van der Waals surface area contributed by atoms with Gasteiger partial charge in [0.05, 0.1) is 12.2 Å². The molecule has 0 amide bonds. The molecule has 5 nitrogen and oxygen atoms in total. The Kier molecular flexibility index (Phi) is 9.04. The number of aromatic nitrogens is 1. The van der Waals surface area contributed by atoms with Crippen LogP contribution in [0, 0.1) is 13.8 Å². The van der Waals surface area contributed by atoms with Crippen LogP contribution in [0.5, 0.6) is 5.75 Å². The fraction of sp³-hybridized carbons (Fsp3) is 0.375. The first-order valence-corrected chi connectivity index (χ1v) is 8.20. The predicted molar refractivity (Wildman–Crippen MR) is 107 cm³/mol. The quantitative estimate of drug-likeness (QED) is 0.373. The molecule has 2 aromatic rings. The van der Waals surface area contributed by atoms with Crippen molar-refractivity contribution in [1.82, 2.24) is 15.6 Å². The summed E-state index contributed by atoms with van der Waals surface area (Å²) in [5, 5.41) is 7.30. The summed E-state index contributed by atoms with van der Waals surface area (Å²) in [6.45, 7) is 2.21. The minimum atomic E-state index is -2.83. The van der Waals surface area contributed by atoms with Gasteiger partial charge in [-0.2, -0.15) is 8.78 Å². The molecule has 1 heterocycles. The Labute approximate surface area is 166 Å². The molecule has 0 aliphatic carbocycles. The molecule has 0 fully saturated rings. The Balaban J connectivity index is 0.00000312. The molecule has 2 rings (SSSR count). The fourth-order valence-corrected chi connectivity index (χ4v) is 2.89. The molecule has 1 aromatic heterocycles. The third kappa shape index (κ3) is 7.10. The number of aryl methyl sites for hydroxylation is 2. The van der Waals surface area contributed by atoms with E-state index in [9.17, 15) is 8.78 Å². The monoisotopic (exact) mass is 482 g/mol. The predicted octanol–water partition coefficient (Wildman–Crippen LogP) is 3.84. The molecule has 2 N–H and O–H groups in total. The first-order valence-electron chi connectivity index (χ1n) is 7.39. The number of rotatable bonds is 6. The lowest BCUT2D eigenvalue weighted by Gasteiger charge is -2.12. The van der Waals surface area contributed by atoms with Crippen molar-refractivity contribution in [3.05, 3.63) is 45.4 Å². The van der Waals surface area contributed by atoms with Crippen LogP contribution in [0.4, 0.5) is 8.78 Å². The zero-order valence-corrected chi connectivity index (χ0v) is 17.3. The number of nitrogens with zero attached hydrogens (tertiary/aromatic N) is 2. The molecule has 1 aromatic carbocycles. The number of aliphatic imine (C=N–C) groups is 1. The van der Waals surface area contributed by atoms with E-state index in [1.165, 1.54) is 10.9 Å². The van der Waals surface area contributed by atoms with Gasteiger partial charge in [-0.1, -0.05) is 12.1 Å². The van der Waals surface area contributed by atoms with E-state index in [2.05, 4.69) is 25.3 Å². The number of ether oxygens (including phenoxy) is 1. The average molecular weight is 482 g/mol. The Morgan fingerprint density at radius 1 is 1.28 bits per heavy atom. The lowest BCUT2D eigenvalue weighted by atomic mass is 10.2. The van der Waals surface area contributed by atoms with Crippen molar-refractivity contribution in [3.8, 4) is 5.75 Å². The lowest BCUT2D eigenvalue weighted by molar-refractivity contribution is -0.0498. The Bertz CT molecular complexity index is 690. The highest BCUT2D eigenvalue weighted by Gasteiger charge is 2.06. The largest absolute Gasteiger partial charge is 0.435 e. The van der Waals surface area contributed by atoms with Gasteiger partial charge in [-0.15, -0.1) is 35.3 Å². The molecule has 0 spiro atoms. The van der Waals surface area contributed by atoms with E-state index in [-0.39, 0.29) is 29.7 Å². The minimum absolute atomic E-state index is 0. The number of hydrogen-bond donors (Lipinski definition) is 2. The van der Waals surface area contributed by atoms with Gasteiger partial charge < -0.3 is 15.4 Å². The molecule has 0 saturated carbocycles. The van der Waals surface area contributed by atoms with E-state index in [0.717, 1.165) is 16.3 Å². The van der Waals surface area contributed by atoms with Crippen molar-refractivity contribution in [2.45, 2.75) is 33.5 Å². The number of nitrogens with one attached hydrogen (secondary N) is 2. The summed E-state index contributed by atoms with van der Waals surface area (Å²) in [4.78, 5) is 9.80. The maximum Gasteiger partial charge on any atom is 0.387 e. The fourth-order valence-electron chi connectivity index (χ4n) is 2.01. The standard InChI is InChI=1S/C16H20F2N4OS.HI/c1-10-11(2)24-14(22-10)9-21-16(19-3)20-8-12-5-4-6-13(7-12)23-15(17)18;/h4-7,15H,8-9H2,1-3H3,(H2,19,20,21);1H. The molecule has 0 unspecified atom stereocenters. The molecular formula is C16H21F2IN4OS. The first kappa shape index (κ1) is 21.6. The molecule has 0 saturated heterocycles. The van der Waals surface area contributed by atoms with Gasteiger partial charge >= 0.3 is 6.61 Å². The number of hydrogen-bond acceptors (Lipinski definition) is 4. The molecule has 0 radical (unpaired) electrons. The van der Waals surface area contributed by atoms with Crippen molar-refractivity contribution < 1.29 is 13.5 Å². The average Bonchev–Trinajstić information content (AvgIpc) is 2.85. The van der Waals surface area contributed by atoms with Gasteiger partial charge in [-0.05, 0) is 31.5 Å². The van der Waals surface area contributed by atoms with E-state index in [1.54, 1.807) is 30.5 Å². The normalized spacial score (nSPS) is 11.2. The number of halogens is 3. The van der Waals surface area contributed by atoms with E-state index in [1.807, 2.05) is 19.9 Å². The number of guanidine groups is 1. The van der Waals surface area contributed by atoms with E-state index in [0.29, 0.717) is 19.0 Å². The van der Waals surface area contributed by atoms with Crippen LogP contribution in [0.15, 0.2) is 29.3 Å². The van der Waals surface area contributed by atoms with Crippen molar-refractivity contribution in [2.75, 3.05) is 7.05 Å². The van der Waals surface area contributed by atoms with Crippen molar-refractivity contribution in [2.24, 2.45) is 4.99 Å². The highest BCUT2D eigenvalue weighted by molar-refractivity contribution is 14.0. The molecular weight excluding hydrogens is 461 g/mol. The Morgan fingerprint density at radius 2 is 2.00 bits per heavy atom. The van der Waals surface area contributed by atoms with Crippen LogP contribution in [0.1, 0.15) is 21.1 Å². The lowest BCUT2D eigenvalue weighted by Crippen LogP contribution is -2.36. The molecule has 0 atom stereocenters. The highest BCUT2D eigenvalue weighted by atomic mass is 127. The zero-order valence-electron chi connectivity index (χ0n) is 14.2. The Hall–Kier alpha value is -1.49. The molecule has 9 heteroatoms. The van der Waals surface area contributed by atoms with Gasteiger partial charge in [0.1, 0.15) is 10.8 Å². The van der Waals surface area contributed by atoms with Crippen molar-refractivity contribution in [3.63, 3.8) is 0 Å². The van der Waals surface area contributed by atoms with Gasteiger partial charge in [0.15, 0.2) is 5.96 Å². The summed E-state index contributed by atoms with van der Waals surface area (Å²) in [5.74, 6) is 0.752. The first-order chi connectivity index (χ1) is 11.5. The van der Waals surface area contributed by atoms with Gasteiger partial charge in [-0.3, -0.25) is 4.99 Å². The maximum atomic E-state index is 12.2. The van der Waals surface area contributed by atoms with Crippen LogP contribution in [-0.4, -0.2) is 24.6 Å². The molecule has 138 valence electrons. The molecule has 0 aliphatic rings. The molecule has 25 heavy (non-hydrogen) atoms. The summed E-state index contributed by atoms with van der Waals surface area (Å²) in [6, 6.07) is 6.56. The number of benzene rings is 1. The molecule has 0 bridgehead atoms. The van der Waals surface area contributed by atoms with Gasteiger partial charge in [0.2, 0.25) is 0 Å². The zero-order chi connectivity index (χ0) is 17.5. The van der Waals surface area contributed by atoms with Crippen LogP contribution >= 0.6 is 35.3 Å². The Morgan fingerprint density at radius 3 is 2.60 bits per heavy atom. The van der Waals surface area contributed by atoms with Gasteiger partial charge in [-0.25, -0.2) is 4.98 Å². The van der Waals surface area contributed by atoms with Crippen LogP contribution in [0.25, 0.3) is 0 Å². The third-order valence-electron chi connectivity index (χ3n) is 3.29. The van der Waals surface area contributed by atoms with E-state index < -0.39 is 6.61 Å². The van der Waals surface area contributed by atoms with Crippen LogP contribution in [0.3, 0.4) is 0 Å². The topological polar surface area (TPSA) is 58.5 Å². The summed E-state index contributed by atoms with van der Waals surface area (Å²) >= 11 is 1.64. The second kappa shape index (κ2) is 10.5. The second-order valence-electron chi connectivity index (χ2n) is 5.05. The number of alkyl halides is 2. The van der Waals surface area contributed by atoms with Crippen molar-refractivity contribution in [1.29, 1.82) is 0 Å². The van der Waals surface area contributed by atoms with Crippen LogP contribution < -0.4 is 15.4 Å². The summed E-state index contributed by atoms with van der Waals surface area (Å²) < 4.78 is 28.9. The smallest absolute Gasteiger partial charge is 0.387 e. The highest BCUT2D eigenvalue weighted by Crippen LogP contribution is 2.16. The van der Waals surface area contributed by atoms with Crippen LogP contribution in [0.2, 0.25) is 0 Å². The summed E-state index contributed by atoms with van der Waals surface area (Å²) in [6.07, 6.45) is 0. The van der Waals surface area contributed by atoms with E-state index in [4.69, 9.17) is 0 Å². The SMILES string of the molecule is CN=C(NCc1cccc(OC(F)F)c1)NCc1nc(C)c(C)s1.I. The van der Waals surface area contributed by atoms with Crippen LogP contribution in [-0.2, 0) is 13.1 Å². The minimum Gasteiger partial charge on any atom is -0.435 e. The van der Waals surface area contributed by atoms with Crippen molar-refractivity contribution >= 4 is 41.3 Å². The van der Waals surface area contributed by atoms with Gasteiger partial charge in [0.25, 0.3) is 0 Å². The van der Waals surface area contributed by atoms with Gasteiger partial charge in [0, 0.05) is 18.5 Å². The summed E-state index contributed by atoms with van der Waals surface area (Å²) in [7, 11) is 1.67. The summed E-state index contributed by atoms with van der Waals surface area (Å²) in [5.41, 5.74) is 1.85.